The molecule has 29 heavy (non-hydrogen) atoms. The molecule has 4 rings (SSSR count). The molecule has 1 saturated heterocycles. The third-order valence-corrected chi connectivity index (χ3v) is 5.50. The highest BCUT2D eigenvalue weighted by Gasteiger charge is 2.31. The minimum Gasteiger partial charge on any atom is -0.452 e. The molecule has 0 saturated carbocycles. The zero-order valence-corrected chi connectivity index (χ0v) is 16.7. The number of hydrogen-bond acceptors (Lipinski definition) is 5. The molecule has 0 aromatic heterocycles. The van der Waals surface area contributed by atoms with Crippen molar-refractivity contribution in [3.05, 3.63) is 65.2 Å². The molecule has 152 valence electrons. The van der Waals surface area contributed by atoms with Crippen LogP contribution in [-0.4, -0.2) is 55.7 Å². The molecule has 2 aliphatic rings. The van der Waals surface area contributed by atoms with Gasteiger partial charge < -0.3 is 14.4 Å². The van der Waals surface area contributed by atoms with Crippen molar-refractivity contribution in [1.82, 2.24) is 4.90 Å². The Hall–Kier alpha value is -2.70. The van der Waals surface area contributed by atoms with Crippen molar-refractivity contribution in [3.63, 3.8) is 0 Å². The van der Waals surface area contributed by atoms with E-state index in [0.717, 1.165) is 56.1 Å². The highest BCUT2D eigenvalue weighted by molar-refractivity contribution is 5.99. The lowest BCUT2D eigenvalue weighted by Gasteiger charge is -2.26. The van der Waals surface area contributed by atoms with Crippen LogP contribution in [0.3, 0.4) is 0 Å². The van der Waals surface area contributed by atoms with Gasteiger partial charge in [0.05, 0.1) is 18.8 Å². The highest BCUT2D eigenvalue weighted by atomic mass is 16.5. The van der Waals surface area contributed by atoms with Crippen molar-refractivity contribution < 1.29 is 19.1 Å². The van der Waals surface area contributed by atoms with E-state index >= 15 is 0 Å². The Labute approximate surface area is 171 Å². The van der Waals surface area contributed by atoms with Crippen LogP contribution in [0.5, 0.6) is 0 Å². The molecule has 0 unspecified atom stereocenters. The standard InChI is InChI=1S/C23H26N2O4/c1-17-14-20-4-2-3-5-21(20)25(17)22(26)16-29-23(27)19-8-6-18(7-9-19)15-24-10-12-28-13-11-24/h2-9,17H,10-16H2,1H3/t17-/m0/s1. The van der Waals surface area contributed by atoms with Crippen molar-refractivity contribution in [2.75, 3.05) is 37.8 Å². The zero-order valence-electron chi connectivity index (χ0n) is 16.7. The second kappa shape index (κ2) is 8.76. The van der Waals surface area contributed by atoms with Crippen LogP contribution in [-0.2, 0) is 27.2 Å². The van der Waals surface area contributed by atoms with Crippen LogP contribution in [0, 0.1) is 0 Å². The predicted molar refractivity (Wildman–Crippen MR) is 110 cm³/mol. The normalized spacial score (nSPS) is 19.1. The van der Waals surface area contributed by atoms with Crippen LogP contribution in [0.15, 0.2) is 48.5 Å². The maximum Gasteiger partial charge on any atom is 0.338 e. The molecule has 1 atom stereocenters. The molecule has 0 spiro atoms. The first-order valence-corrected chi connectivity index (χ1v) is 10.1. The van der Waals surface area contributed by atoms with Crippen LogP contribution in [0.25, 0.3) is 0 Å². The van der Waals surface area contributed by atoms with Crippen LogP contribution in [0.2, 0.25) is 0 Å². The lowest BCUT2D eigenvalue weighted by atomic mass is 10.1. The second-order valence-corrected chi connectivity index (χ2v) is 7.61. The number of carbonyl (C=O) groups is 2. The van der Waals surface area contributed by atoms with Crippen LogP contribution in [0.1, 0.15) is 28.4 Å². The van der Waals surface area contributed by atoms with Gasteiger partial charge in [-0.1, -0.05) is 30.3 Å². The van der Waals surface area contributed by atoms with Gasteiger partial charge in [-0.3, -0.25) is 9.69 Å². The Morgan fingerprint density at radius 1 is 1.07 bits per heavy atom. The molecule has 6 nitrogen and oxygen atoms in total. The number of amides is 1. The number of ether oxygens (including phenoxy) is 2. The first kappa shape index (κ1) is 19.6. The zero-order chi connectivity index (χ0) is 20.2. The molecule has 0 N–H and O–H groups in total. The topological polar surface area (TPSA) is 59.1 Å². The van der Waals surface area contributed by atoms with E-state index in [0.29, 0.717) is 5.56 Å². The lowest BCUT2D eigenvalue weighted by molar-refractivity contribution is -0.122. The van der Waals surface area contributed by atoms with Gasteiger partial charge in [0, 0.05) is 31.4 Å². The number of anilines is 1. The maximum absolute atomic E-state index is 12.7. The number of para-hydroxylation sites is 1. The Kier molecular flexibility index (Phi) is 5.92. The molecule has 2 aromatic carbocycles. The Bertz CT molecular complexity index is 875. The van der Waals surface area contributed by atoms with Crippen LogP contribution < -0.4 is 4.90 Å². The molecule has 0 bridgehead atoms. The van der Waals surface area contributed by atoms with Crippen molar-refractivity contribution in [2.45, 2.75) is 25.9 Å². The average molecular weight is 394 g/mol. The summed E-state index contributed by atoms with van der Waals surface area (Å²) in [5.41, 5.74) is 3.66. The molecule has 0 radical (unpaired) electrons. The van der Waals surface area contributed by atoms with E-state index < -0.39 is 5.97 Å². The summed E-state index contributed by atoms with van der Waals surface area (Å²) in [5, 5.41) is 0. The fourth-order valence-corrected chi connectivity index (χ4v) is 3.99. The Morgan fingerprint density at radius 3 is 2.55 bits per heavy atom. The summed E-state index contributed by atoms with van der Waals surface area (Å²) < 4.78 is 10.7. The van der Waals surface area contributed by atoms with Crippen molar-refractivity contribution in [2.24, 2.45) is 0 Å². The molecule has 0 aliphatic carbocycles. The second-order valence-electron chi connectivity index (χ2n) is 7.61. The van der Waals surface area contributed by atoms with Gasteiger partial charge in [-0.2, -0.15) is 0 Å². The number of carbonyl (C=O) groups excluding carboxylic acids is 2. The van der Waals surface area contributed by atoms with E-state index in [-0.39, 0.29) is 18.6 Å². The van der Waals surface area contributed by atoms with E-state index in [1.54, 1.807) is 17.0 Å². The third-order valence-electron chi connectivity index (χ3n) is 5.50. The largest absolute Gasteiger partial charge is 0.452 e. The minimum atomic E-state index is -0.476. The van der Waals surface area contributed by atoms with Gasteiger partial charge in [-0.15, -0.1) is 0 Å². The number of hydrogen-bond donors (Lipinski definition) is 0. The smallest absolute Gasteiger partial charge is 0.338 e. The van der Waals surface area contributed by atoms with Crippen molar-refractivity contribution >= 4 is 17.6 Å². The van der Waals surface area contributed by atoms with Gasteiger partial charge in [0.1, 0.15) is 0 Å². The summed E-state index contributed by atoms with van der Waals surface area (Å²) in [6.45, 7) is 5.95. The summed E-state index contributed by atoms with van der Waals surface area (Å²) in [7, 11) is 0. The maximum atomic E-state index is 12.7. The minimum absolute atomic E-state index is 0.0677. The molecule has 2 aromatic rings. The van der Waals surface area contributed by atoms with Crippen molar-refractivity contribution in [3.8, 4) is 0 Å². The summed E-state index contributed by atoms with van der Waals surface area (Å²) in [6, 6.07) is 15.3. The van der Waals surface area contributed by atoms with E-state index in [2.05, 4.69) is 4.90 Å². The summed E-state index contributed by atoms with van der Waals surface area (Å²) in [5.74, 6) is -0.670. The van der Waals surface area contributed by atoms with Gasteiger partial charge in [-0.05, 0) is 42.7 Å². The molecule has 2 heterocycles. The van der Waals surface area contributed by atoms with Gasteiger partial charge in [-0.25, -0.2) is 4.79 Å². The Balaban J connectivity index is 1.32. The number of benzene rings is 2. The molecule has 6 heteroatoms. The summed E-state index contributed by atoms with van der Waals surface area (Å²) in [6.07, 6.45) is 0.820. The van der Waals surface area contributed by atoms with Crippen LogP contribution in [0.4, 0.5) is 5.69 Å². The van der Waals surface area contributed by atoms with E-state index in [1.165, 1.54) is 0 Å². The number of nitrogens with zero attached hydrogens (tertiary/aromatic N) is 2. The molecule has 2 aliphatic heterocycles. The quantitative estimate of drug-likeness (QED) is 0.730. The molecule has 1 amide bonds. The first-order chi connectivity index (χ1) is 14.1. The molecule has 1 fully saturated rings. The van der Waals surface area contributed by atoms with Gasteiger partial charge in [0.15, 0.2) is 6.61 Å². The lowest BCUT2D eigenvalue weighted by Crippen LogP contribution is -2.38. The molecular formula is C23H26N2O4. The highest BCUT2D eigenvalue weighted by Crippen LogP contribution is 2.31. The summed E-state index contributed by atoms with van der Waals surface area (Å²) >= 11 is 0. The number of esters is 1. The number of fused-ring (bicyclic) bond motifs is 1. The Morgan fingerprint density at radius 2 is 1.79 bits per heavy atom. The fraction of sp³-hybridized carbons (Fsp3) is 0.391. The first-order valence-electron chi connectivity index (χ1n) is 10.1. The SMILES string of the molecule is C[C@H]1Cc2ccccc2N1C(=O)COC(=O)c1ccc(CN2CCOCC2)cc1. The van der Waals surface area contributed by atoms with Gasteiger partial charge in [0.25, 0.3) is 5.91 Å². The average Bonchev–Trinajstić information content (AvgIpc) is 3.09. The van der Waals surface area contributed by atoms with Gasteiger partial charge in [0.2, 0.25) is 0 Å². The van der Waals surface area contributed by atoms with E-state index in [9.17, 15) is 9.59 Å². The number of rotatable bonds is 5. The fourth-order valence-electron chi connectivity index (χ4n) is 3.99. The predicted octanol–water partition coefficient (Wildman–Crippen LogP) is 2.65. The van der Waals surface area contributed by atoms with Crippen molar-refractivity contribution in [1.29, 1.82) is 0 Å². The monoisotopic (exact) mass is 394 g/mol. The molecular weight excluding hydrogens is 368 g/mol. The third kappa shape index (κ3) is 4.49. The van der Waals surface area contributed by atoms with Crippen LogP contribution >= 0.6 is 0 Å². The summed E-state index contributed by atoms with van der Waals surface area (Å²) in [4.78, 5) is 29.1. The van der Waals surface area contributed by atoms with E-state index in [1.807, 2.05) is 43.3 Å². The number of morpholine rings is 1. The van der Waals surface area contributed by atoms with E-state index in [4.69, 9.17) is 9.47 Å². The van der Waals surface area contributed by atoms with Gasteiger partial charge >= 0.3 is 5.97 Å².